The van der Waals surface area contributed by atoms with Gasteiger partial charge in [0, 0.05) is 5.57 Å². The van der Waals surface area contributed by atoms with Gasteiger partial charge in [0.25, 0.3) is 0 Å². The summed E-state index contributed by atoms with van der Waals surface area (Å²) >= 11 is 0. The molecule has 2 aliphatic rings. The smallest absolute Gasteiger partial charge is 0.340 e. The van der Waals surface area contributed by atoms with Crippen LogP contribution in [0.2, 0.25) is 0 Å². The van der Waals surface area contributed by atoms with Gasteiger partial charge in [-0.15, -0.1) is 0 Å². The van der Waals surface area contributed by atoms with Crippen molar-refractivity contribution in [3.63, 3.8) is 0 Å². The van der Waals surface area contributed by atoms with Gasteiger partial charge in [-0.25, -0.2) is 4.79 Å². The van der Waals surface area contributed by atoms with E-state index in [4.69, 9.17) is 4.74 Å². The highest BCUT2D eigenvalue weighted by Gasteiger charge is 2.45. The summed E-state index contributed by atoms with van der Waals surface area (Å²) in [5, 5.41) is 9.41. The average molecular weight is 230 g/mol. The van der Waals surface area contributed by atoms with Gasteiger partial charge in [-0.2, -0.15) is 0 Å². The minimum atomic E-state index is -1.18. The van der Waals surface area contributed by atoms with E-state index in [0.717, 1.165) is 24.0 Å². The fourth-order valence-electron chi connectivity index (χ4n) is 2.85. The molecule has 88 valence electrons. The first-order valence-electron chi connectivity index (χ1n) is 5.81. The lowest BCUT2D eigenvalue weighted by atomic mass is 9.86. The number of fused-ring (bicyclic) bond motifs is 2. The molecule has 0 amide bonds. The first-order valence-corrected chi connectivity index (χ1v) is 5.81. The zero-order valence-electron chi connectivity index (χ0n) is 9.69. The van der Waals surface area contributed by atoms with Crippen LogP contribution in [-0.2, 0) is 16.0 Å². The van der Waals surface area contributed by atoms with Crippen molar-refractivity contribution in [3.8, 4) is 0 Å². The van der Waals surface area contributed by atoms with E-state index in [9.17, 15) is 9.90 Å². The summed E-state index contributed by atoms with van der Waals surface area (Å²) in [4.78, 5) is 11.5. The van der Waals surface area contributed by atoms with E-state index < -0.39 is 11.6 Å². The number of ether oxygens (including phenoxy) is 1. The van der Waals surface area contributed by atoms with Crippen molar-refractivity contribution >= 4 is 11.5 Å². The number of aliphatic carboxylic acids is 1. The highest BCUT2D eigenvalue weighted by molar-refractivity contribution is 5.98. The number of rotatable bonds is 1. The molecule has 3 heteroatoms. The topological polar surface area (TPSA) is 46.5 Å². The molecule has 1 aromatic rings. The molecule has 0 fully saturated rings. The number of carboxylic acid groups (broad SMARTS) is 1. The monoisotopic (exact) mass is 230 g/mol. The average Bonchev–Trinajstić information content (AvgIpc) is 2.68. The van der Waals surface area contributed by atoms with E-state index in [1.165, 1.54) is 11.1 Å². The molecule has 1 N–H and O–H groups in total. The summed E-state index contributed by atoms with van der Waals surface area (Å²) in [6.45, 7) is 2.15. The first-order chi connectivity index (χ1) is 8.13. The third-order valence-electron chi connectivity index (χ3n) is 3.72. The van der Waals surface area contributed by atoms with Gasteiger partial charge in [-0.3, -0.25) is 0 Å². The van der Waals surface area contributed by atoms with Gasteiger partial charge in [0.2, 0.25) is 0 Å². The van der Waals surface area contributed by atoms with Gasteiger partial charge in [0.05, 0.1) is 6.61 Å². The Morgan fingerprint density at radius 3 is 2.94 bits per heavy atom. The van der Waals surface area contributed by atoms with Crippen LogP contribution in [0.25, 0.3) is 5.57 Å². The van der Waals surface area contributed by atoms with Crippen molar-refractivity contribution in [2.75, 3.05) is 6.61 Å². The van der Waals surface area contributed by atoms with E-state index in [2.05, 4.69) is 6.07 Å². The van der Waals surface area contributed by atoms with Gasteiger partial charge in [-0.05, 0) is 30.9 Å². The maximum Gasteiger partial charge on any atom is 0.340 e. The Hall–Kier alpha value is -1.61. The maximum absolute atomic E-state index is 11.5. The molecule has 1 aromatic carbocycles. The molecule has 1 heterocycles. The molecule has 3 nitrogen and oxygen atoms in total. The van der Waals surface area contributed by atoms with E-state index in [1.54, 1.807) is 6.92 Å². The van der Waals surface area contributed by atoms with Gasteiger partial charge < -0.3 is 9.84 Å². The molecule has 3 rings (SSSR count). The molecule has 0 aromatic heterocycles. The zero-order valence-corrected chi connectivity index (χ0v) is 9.69. The van der Waals surface area contributed by atoms with Crippen LogP contribution in [0.15, 0.2) is 29.8 Å². The highest BCUT2D eigenvalue weighted by Crippen LogP contribution is 2.45. The lowest BCUT2D eigenvalue weighted by Gasteiger charge is -2.32. The molecule has 1 aliphatic heterocycles. The molecule has 0 saturated carbocycles. The summed E-state index contributed by atoms with van der Waals surface area (Å²) in [5.41, 5.74) is 3.19. The van der Waals surface area contributed by atoms with E-state index in [0.29, 0.717) is 6.61 Å². The molecule has 1 atom stereocenters. The second-order valence-electron chi connectivity index (χ2n) is 4.75. The van der Waals surface area contributed by atoms with Crippen LogP contribution in [0, 0.1) is 0 Å². The minimum absolute atomic E-state index is 0.496. The van der Waals surface area contributed by atoms with Crippen LogP contribution in [0.1, 0.15) is 24.5 Å². The molecular formula is C14H14O3. The molecule has 17 heavy (non-hydrogen) atoms. The Labute approximate surface area is 99.7 Å². The number of carbonyl (C=O) groups is 1. The van der Waals surface area contributed by atoms with Gasteiger partial charge in [-0.1, -0.05) is 29.8 Å². The van der Waals surface area contributed by atoms with Gasteiger partial charge >= 0.3 is 5.97 Å². The Bertz CT molecular complexity index is 530. The first kappa shape index (κ1) is 10.5. The Kier molecular flexibility index (Phi) is 2.13. The summed E-state index contributed by atoms with van der Waals surface area (Å²) in [5.74, 6) is -0.901. The van der Waals surface area contributed by atoms with Crippen molar-refractivity contribution < 1.29 is 14.6 Å². The maximum atomic E-state index is 11.5. The standard InChI is InChI=1S/C14H14O3/c1-14(13(15)16)12-10(6-7-17-14)8-9-4-2-3-5-11(9)12/h2-5H,6-8H2,1H3,(H,15,16). The Balaban J connectivity index is 2.20. The fraction of sp³-hybridized carbons (Fsp3) is 0.357. The second-order valence-corrected chi connectivity index (χ2v) is 4.75. The van der Waals surface area contributed by atoms with Crippen LogP contribution >= 0.6 is 0 Å². The van der Waals surface area contributed by atoms with Crippen LogP contribution < -0.4 is 0 Å². The van der Waals surface area contributed by atoms with Crippen molar-refractivity contribution in [1.29, 1.82) is 0 Å². The van der Waals surface area contributed by atoms with Crippen molar-refractivity contribution in [2.45, 2.75) is 25.4 Å². The number of hydrogen-bond donors (Lipinski definition) is 1. The molecular weight excluding hydrogens is 216 g/mol. The van der Waals surface area contributed by atoms with Crippen molar-refractivity contribution in [1.82, 2.24) is 0 Å². The van der Waals surface area contributed by atoms with E-state index >= 15 is 0 Å². The van der Waals surface area contributed by atoms with Gasteiger partial charge in [0.1, 0.15) is 0 Å². The van der Waals surface area contributed by atoms with Gasteiger partial charge in [0.15, 0.2) is 5.60 Å². The summed E-state index contributed by atoms with van der Waals surface area (Å²) in [6.07, 6.45) is 1.71. The Morgan fingerprint density at radius 2 is 2.18 bits per heavy atom. The number of hydrogen-bond acceptors (Lipinski definition) is 2. The third kappa shape index (κ3) is 1.35. The lowest BCUT2D eigenvalue weighted by Crippen LogP contribution is -2.42. The summed E-state index contributed by atoms with van der Waals surface area (Å²) in [7, 11) is 0. The quantitative estimate of drug-likeness (QED) is 0.805. The highest BCUT2D eigenvalue weighted by atomic mass is 16.5. The molecule has 0 saturated heterocycles. The predicted octanol–water partition coefficient (Wildman–Crippen LogP) is 2.26. The predicted molar refractivity (Wildman–Crippen MR) is 63.7 cm³/mol. The normalized spacial score (nSPS) is 26.6. The summed E-state index contributed by atoms with van der Waals surface area (Å²) in [6, 6.07) is 8.01. The van der Waals surface area contributed by atoms with E-state index in [-0.39, 0.29) is 0 Å². The largest absolute Gasteiger partial charge is 0.479 e. The lowest BCUT2D eigenvalue weighted by molar-refractivity contribution is -0.156. The number of carboxylic acids is 1. The van der Waals surface area contributed by atoms with Crippen molar-refractivity contribution in [3.05, 3.63) is 41.0 Å². The summed E-state index contributed by atoms with van der Waals surface area (Å²) < 4.78 is 5.54. The van der Waals surface area contributed by atoms with Crippen LogP contribution in [-0.4, -0.2) is 23.3 Å². The van der Waals surface area contributed by atoms with Crippen LogP contribution in [0.5, 0.6) is 0 Å². The van der Waals surface area contributed by atoms with Crippen LogP contribution in [0.3, 0.4) is 0 Å². The van der Waals surface area contributed by atoms with Crippen LogP contribution in [0.4, 0.5) is 0 Å². The van der Waals surface area contributed by atoms with E-state index in [1.807, 2.05) is 18.2 Å². The molecule has 0 spiro atoms. The zero-order chi connectivity index (χ0) is 12.0. The fourth-order valence-corrected chi connectivity index (χ4v) is 2.85. The minimum Gasteiger partial charge on any atom is -0.479 e. The van der Waals surface area contributed by atoms with Crippen molar-refractivity contribution in [2.24, 2.45) is 0 Å². The second kappa shape index (κ2) is 3.44. The number of benzene rings is 1. The molecule has 0 radical (unpaired) electrons. The molecule has 1 aliphatic carbocycles. The molecule has 1 unspecified atom stereocenters. The SMILES string of the molecule is CC1(C(=O)O)OCCC2=C1c1ccccc1C2. The Morgan fingerprint density at radius 1 is 1.41 bits per heavy atom. The molecule has 0 bridgehead atoms. The third-order valence-corrected chi connectivity index (χ3v) is 3.72.